The molecular weight excluding hydrogens is 372 g/mol. The molecule has 150 valence electrons. The first-order valence-electron chi connectivity index (χ1n) is 10.5. The van der Waals surface area contributed by atoms with E-state index in [1.165, 1.54) is 6.42 Å². The van der Waals surface area contributed by atoms with Crippen molar-refractivity contribution in [3.05, 3.63) is 29.3 Å². The van der Waals surface area contributed by atoms with Gasteiger partial charge in [-0.2, -0.15) is 0 Å². The Balaban J connectivity index is 1.36. The summed E-state index contributed by atoms with van der Waals surface area (Å²) in [6, 6.07) is 8.33. The van der Waals surface area contributed by atoms with E-state index in [0.717, 1.165) is 66.6 Å². The summed E-state index contributed by atoms with van der Waals surface area (Å²) in [6.07, 6.45) is 9.52. The first-order valence-corrected chi connectivity index (χ1v) is 11.3. The Labute approximate surface area is 169 Å². The SMILES string of the molecule is O=C(COC(=O)[C@@H]1CCCC[C@H]1c1nc2ccccc2s1)NC1CCCCC1. The summed E-state index contributed by atoms with van der Waals surface area (Å²) >= 11 is 1.67. The van der Waals surface area contributed by atoms with Crippen molar-refractivity contribution >= 4 is 33.4 Å². The molecule has 28 heavy (non-hydrogen) atoms. The van der Waals surface area contributed by atoms with Crippen LogP contribution in [0.4, 0.5) is 0 Å². The molecule has 2 aliphatic rings. The number of hydrogen-bond acceptors (Lipinski definition) is 5. The number of hydrogen-bond donors (Lipinski definition) is 1. The number of ether oxygens (including phenoxy) is 1. The normalized spacial score (nSPS) is 23.4. The zero-order chi connectivity index (χ0) is 19.3. The van der Waals surface area contributed by atoms with Crippen molar-refractivity contribution in [2.75, 3.05) is 6.61 Å². The van der Waals surface area contributed by atoms with E-state index in [1.54, 1.807) is 11.3 Å². The van der Waals surface area contributed by atoms with Gasteiger partial charge in [0, 0.05) is 12.0 Å². The monoisotopic (exact) mass is 400 g/mol. The van der Waals surface area contributed by atoms with Gasteiger partial charge < -0.3 is 10.1 Å². The fraction of sp³-hybridized carbons (Fsp3) is 0.591. The number of aromatic nitrogens is 1. The highest BCUT2D eigenvalue weighted by Crippen LogP contribution is 2.41. The largest absolute Gasteiger partial charge is 0.455 e. The van der Waals surface area contributed by atoms with Crippen LogP contribution >= 0.6 is 11.3 Å². The molecule has 1 aromatic heterocycles. The number of nitrogens with zero attached hydrogens (tertiary/aromatic N) is 1. The molecule has 1 N–H and O–H groups in total. The van der Waals surface area contributed by atoms with Crippen LogP contribution in [0.3, 0.4) is 0 Å². The number of esters is 1. The van der Waals surface area contributed by atoms with Crippen molar-refractivity contribution in [3.8, 4) is 0 Å². The van der Waals surface area contributed by atoms with Gasteiger partial charge in [-0.05, 0) is 37.8 Å². The van der Waals surface area contributed by atoms with E-state index in [1.807, 2.05) is 18.2 Å². The van der Waals surface area contributed by atoms with E-state index in [9.17, 15) is 9.59 Å². The number of amides is 1. The number of para-hydroxylation sites is 1. The van der Waals surface area contributed by atoms with Crippen LogP contribution in [0, 0.1) is 5.92 Å². The van der Waals surface area contributed by atoms with Crippen LogP contribution in [0.5, 0.6) is 0 Å². The minimum atomic E-state index is -0.247. The lowest BCUT2D eigenvalue weighted by Crippen LogP contribution is -2.39. The second kappa shape index (κ2) is 9.03. The van der Waals surface area contributed by atoms with Crippen molar-refractivity contribution in [1.29, 1.82) is 0 Å². The van der Waals surface area contributed by atoms with Crippen LogP contribution in [0.15, 0.2) is 24.3 Å². The fourth-order valence-electron chi connectivity index (χ4n) is 4.52. The standard InChI is InChI=1S/C22H28N2O3S/c25-20(23-15-8-2-1-3-9-15)14-27-22(26)17-11-5-4-10-16(17)21-24-18-12-6-7-13-19(18)28-21/h6-7,12-13,15-17H,1-5,8-11,14H2,(H,23,25)/t16-,17-/m1/s1. The molecule has 1 amide bonds. The zero-order valence-corrected chi connectivity index (χ0v) is 17.0. The van der Waals surface area contributed by atoms with Gasteiger partial charge in [-0.25, -0.2) is 4.98 Å². The number of nitrogens with one attached hydrogen (secondary N) is 1. The molecular formula is C22H28N2O3S. The average molecular weight is 401 g/mol. The summed E-state index contributed by atoms with van der Waals surface area (Å²) < 4.78 is 6.59. The van der Waals surface area contributed by atoms with Crippen LogP contribution in [-0.2, 0) is 14.3 Å². The highest BCUT2D eigenvalue weighted by molar-refractivity contribution is 7.18. The van der Waals surface area contributed by atoms with Crippen molar-refractivity contribution in [3.63, 3.8) is 0 Å². The van der Waals surface area contributed by atoms with E-state index in [-0.39, 0.29) is 36.4 Å². The molecule has 0 unspecified atom stereocenters. The molecule has 0 radical (unpaired) electrons. The minimum absolute atomic E-state index is 0.0973. The Kier molecular flexibility index (Phi) is 6.25. The van der Waals surface area contributed by atoms with Gasteiger partial charge in [-0.3, -0.25) is 9.59 Å². The van der Waals surface area contributed by atoms with Crippen molar-refractivity contribution in [2.24, 2.45) is 5.92 Å². The topological polar surface area (TPSA) is 68.3 Å². The lowest BCUT2D eigenvalue weighted by Gasteiger charge is -2.28. The third-order valence-electron chi connectivity index (χ3n) is 6.01. The van der Waals surface area contributed by atoms with E-state index in [2.05, 4.69) is 11.4 Å². The minimum Gasteiger partial charge on any atom is -0.455 e. The van der Waals surface area contributed by atoms with Crippen LogP contribution in [0.1, 0.15) is 68.7 Å². The molecule has 2 saturated carbocycles. The van der Waals surface area contributed by atoms with Gasteiger partial charge in [0.15, 0.2) is 6.61 Å². The first kappa shape index (κ1) is 19.4. The zero-order valence-electron chi connectivity index (χ0n) is 16.2. The maximum atomic E-state index is 12.8. The average Bonchev–Trinajstić information content (AvgIpc) is 3.17. The van der Waals surface area contributed by atoms with Gasteiger partial charge in [-0.1, -0.05) is 44.2 Å². The maximum Gasteiger partial charge on any atom is 0.310 e. The molecule has 0 bridgehead atoms. The van der Waals surface area contributed by atoms with Gasteiger partial charge in [-0.15, -0.1) is 11.3 Å². The van der Waals surface area contributed by atoms with Gasteiger partial charge in [0.2, 0.25) is 0 Å². The number of fused-ring (bicyclic) bond motifs is 1. The Bertz CT molecular complexity index is 795. The highest BCUT2D eigenvalue weighted by Gasteiger charge is 2.35. The van der Waals surface area contributed by atoms with Crippen LogP contribution in [-0.4, -0.2) is 29.5 Å². The third kappa shape index (κ3) is 4.54. The van der Waals surface area contributed by atoms with E-state index < -0.39 is 0 Å². The first-order chi connectivity index (χ1) is 13.7. The van der Waals surface area contributed by atoms with Crippen LogP contribution in [0.25, 0.3) is 10.2 Å². The molecule has 2 aromatic rings. The quantitative estimate of drug-likeness (QED) is 0.747. The molecule has 2 aliphatic carbocycles. The smallest absolute Gasteiger partial charge is 0.310 e. The molecule has 2 atom stereocenters. The molecule has 1 heterocycles. The molecule has 0 spiro atoms. The lowest BCUT2D eigenvalue weighted by molar-refractivity contribution is -0.154. The molecule has 4 rings (SSSR count). The number of carbonyl (C=O) groups excluding carboxylic acids is 2. The Morgan fingerprint density at radius 1 is 1.04 bits per heavy atom. The van der Waals surface area contributed by atoms with Crippen molar-refractivity contribution in [1.82, 2.24) is 10.3 Å². The van der Waals surface area contributed by atoms with E-state index >= 15 is 0 Å². The number of carbonyl (C=O) groups is 2. The van der Waals surface area contributed by atoms with Gasteiger partial charge in [0.25, 0.3) is 5.91 Å². The summed E-state index contributed by atoms with van der Waals surface area (Å²) in [5.41, 5.74) is 0.993. The Morgan fingerprint density at radius 2 is 1.79 bits per heavy atom. The van der Waals surface area contributed by atoms with E-state index in [4.69, 9.17) is 9.72 Å². The molecule has 6 heteroatoms. The fourth-order valence-corrected chi connectivity index (χ4v) is 5.68. The van der Waals surface area contributed by atoms with Gasteiger partial charge >= 0.3 is 5.97 Å². The van der Waals surface area contributed by atoms with Gasteiger partial charge in [0.05, 0.1) is 21.1 Å². The maximum absolute atomic E-state index is 12.8. The number of rotatable bonds is 5. The lowest BCUT2D eigenvalue weighted by atomic mass is 9.79. The number of benzene rings is 1. The van der Waals surface area contributed by atoms with Gasteiger partial charge in [0.1, 0.15) is 0 Å². The molecule has 0 aliphatic heterocycles. The predicted octanol–water partition coefficient (Wildman–Crippen LogP) is 4.56. The van der Waals surface area contributed by atoms with Crippen molar-refractivity contribution < 1.29 is 14.3 Å². The molecule has 0 saturated heterocycles. The van der Waals surface area contributed by atoms with Crippen molar-refractivity contribution in [2.45, 2.75) is 69.7 Å². The third-order valence-corrected chi connectivity index (χ3v) is 7.18. The second-order valence-corrected chi connectivity index (χ2v) is 9.09. The summed E-state index contributed by atoms with van der Waals surface area (Å²) in [4.78, 5) is 29.7. The van der Waals surface area contributed by atoms with Crippen LogP contribution in [0.2, 0.25) is 0 Å². The number of thiazole rings is 1. The van der Waals surface area contributed by atoms with Crippen LogP contribution < -0.4 is 5.32 Å². The second-order valence-electron chi connectivity index (χ2n) is 8.03. The predicted molar refractivity (Wildman–Crippen MR) is 110 cm³/mol. The highest BCUT2D eigenvalue weighted by atomic mass is 32.1. The summed E-state index contributed by atoms with van der Waals surface area (Å²) in [6.45, 7) is -0.168. The Hall–Kier alpha value is -1.95. The molecule has 2 fully saturated rings. The molecule has 1 aromatic carbocycles. The summed E-state index contributed by atoms with van der Waals surface area (Å²) in [7, 11) is 0. The van der Waals surface area contributed by atoms with E-state index in [0.29, 0.717) is 0 Å². The summed E-state index contributed by atoms with van der Waals surface area (Å²) in [5, 5.41) is 4.03. The Morgan fingerprint density at radius 3 is 2.61 bits per heavy atom. The molecule has 5 nitrogen and oxygen atoms in total. The summed E-state index contributed by atoms with van der Waals surface area (Å²) in [5.74, 6) is -0.521.